The Morgan fingerprint density at radius 3 is 2.71 bits per heavy atom. The molecular formula is C18H21FN4O. The molecule has 24 heavy (non-hydrogen) atoms. The van der Waals surface area contributed by atoms with Gasteiger partial charge in [-0.05, 0) is 36.6 Å². The van der Waals surface area contributed by atoms with Crippen LogP contribution in [0.3, 0.4) is 0 Å². The Morgan fingerprint density at radius 2 is 2.04 bits per heavy atom. The van der Waals surface area contributed by atoms with E-state index in [0.29, 0.717) is 12.1 Å². The Labute approximate surface area is 141 Å². The highest BCUT2D eigenvalue weighted by molar-refractivity contribution is 5.79. The number of hydrogen-bond donors (Lipinski definition) is 0. The van der Waals surface area contributed by atoms with Gasteiger partial charge >= 0.3 is 0 Å². The molecule has 1 aromatic carbocycles. The van der Waals surface area contributed by atoms with Gasteiger partial charge in [0.1, 0.15) is 5.82 Å². The first-order valence-electron chi connectivity index (χ1n) is 8.10. The Morgan fingerprint density at radius 1 is 1.25 bits per heavy atom. The van der Waals surface area contributed by atoms with Crippen LogP contribution in [0.25, 0.3) is 0 Å². The average Bonchev–Trinajstić information content (AvgIpc) is 3.07. The van der Waals surface area contributed by atoms with Crippen LogP contribution in [-0.4, -0.2) is 41.6 Å². The van der Waals surface area contributed by atoms with Crippen molar-refractivity contribution in [2.24, 2.45) is 0 Å². The van der Waals surface area contributed by atoms with Gasteiger partial charge in [-0.25, -0.2) is 4.39 Å². The van der Waals surface area contributed by atoms with Crippen molar-refractivity contribution in [2.45, 2.75) is 25.3 Å². The number of aromatic nitrogens is 2. The Kier molecular flexibility index (Phi) is 4.74. The van der Waals surface area contributed by atoms with Gasteiger partial charge in [-0.1, -0.05) is 18.2 Å². The Bertz CT molecular complexity index is 717. The summed E-state index contributed by atoms with van der Waals surface area (Å²) in [7, 11) is 3.81. The van der Waals surface area contributed by atoms with E-state index in [1.165, 1.54) is 6.07 Å². The number of halogens is 1. The number of likely N-dealkylation sites (tertiary alicyclic amines) is 1. The van der Waals surface area contributed by atoms with Gasteiger partial charge in [-0.3, -0.25) is 4.79 Å². The molecule has 2 heterocycles. The number of amides is 1. The van der Waals surface area contributed by atoms with E-state index in [9.17, 15) is 9.18 Å². The molecule has 126 valence electrons. The van der Waals surface area contributed by atoms with Crippen LogP contribution in [0, 0.1) is 5.82 Å². The van der Waals surface area contributed by atoms with E-state index >= 15 is 0 Å². The standard InChI is InChI=1S/C18H21FN4O/c1-22(2)17-10-9-15(20-21-17)16-8-5-11-23(16)18(24)12-13-6-3-4-7-14(13)19/h3-4,6-7,9-10,16H,5,8,11-12H2,1-2H3. The molecule has 0 saturated carbocycles. The molecule has 1 aromatic heterocycles. The second-order valence-electron chi connectivity index (χ2n) is 6.22. The van der Waals surface area contributed by atoms with Crippen molar-refractivity contribution in [3.05, 3.63) is 53.5 Å². The van der Waals surface area contributed by atoms with Crippen molar-refractivity contribution in [1.82, 2.24) is 15.1 Å². The molecule has 1 unspecified atom stereocenters. The highest BCUT2D eigenvalue weighted by Crippen LogP contribution is 2.31. The zero-order valence-electron chi connectivity index (χ0n) is 13.9. The number of anilines is 1. The van der Waals surface area contributed by atoms with Gasteiger partial charge in [0.2, 0.25) is 5.91 Å². The molecule has 0 N–H and O–H groups in total. The second-order valence-corrected chi connectivity index (χ2v) is 6.22. The van der Waals surface area contributed by atoms with E-state index in [-0.39, 0.29) is 24.2 Å². The third-order valence-corrected chi connectivity index (χ3v) is 4.34. The van der Waals surface area contributed by atoms with Crippen LogP contribution in [0.2, 0.25) is 0 Å². The van der Waals surface area contributed by atoms with Crippen molar-refractivity contribution in [1.29, 1.82) is 0 Å². The quantitative estimate of drug-likeness (QED) is 0.865. The van der Waals surface area contributed by atoms with Crippen molar-refractivity contribution in [3.8, 4) is 0 Å². The van der Waals surface area contributed by atoms with E-state index in [2.05, 4.69) is 10.2 Å². The van der Waals surface area contributed by atoms with Crippen molar-refractivity contribution in [2.75, 3.05) is 25.5 Å². The molecule has 1 saturated heterocycles. The van der Waals surface area contributed by atoms with Gasteiger partial charge in [0.05, 0.1) is 18.2 Å². The zero-order chi connectivity index (χ0) is 17.1. The highest BCUT2D eigenvalue weighted by atomic mass is 19.1. The molecule has 1 aliphatic heterocycles. The summed E-state index contributed by atoms with van der Waals surface area (Å²) in [6, 6.07) is 10.2. The van der Waals surface area contributed by atoms with E-state index in [4.69, 9.17) is 0 Å². The number of nitrogens with zero attached hydrogens (tertiary/aromatic N) is 4. The predicted molar refractivity (Wildman–Crippen MR) is 90.2 cm³/mol. The summed E-state index contributed by atoms with van der Waals surface area (Å²) in [5, 5.41) is 8.47. The molecule has 0 spiro atoms. The molecule has 0 radical (unpaired) electrons. The minimum Gasteiger partial charge on any atom is -0.361 e. The summed E-state index contributed by atoms with van der Waals surface area (Å²) in [6.07, 6.45) is 1.86. The summed E-state index contributed by atoms with van der Waals surface area (Å²) in [4.78, 5) is 16.3. The van der Waals surface area contributed by atoms with E-state index in [1.807, 2.05) is 31.1 Å². The first kappa shape index (κ1) is 16.4. The van der Waals surface area contributed by atoms with Gasteiger partial charge < -0.3 is 9.80 Å². The molecule has 0 bridgehead atoms. The average molecular weight is 328 g/mol. The maximum atomic E-state index is 13.8. The molecule has 5 nitrogen and oxygen atoms in total. The summed E-state index contributed by atoms with van der Waals surface area (Å²) >= 11 is 0. The topological polar surface area (TPSA) is 49.3 Å². The van der Waals surface area contributed by atoms with Crippen LogP contribution >= 0.6 is 0 Å². The fourth-order valence-corrected chi connectivity index (χ4v) is 3.03. The first-order valence-corrected chi connectivity index (χ1v) is 8.10. The van der Waals surface area contributed by atoms with Crippen LogP contribution in [0.15, 0.2) is 36.4 Å². The van der Waals surface area contributed by atoms with E-state index in [1.54, 1.807) is 23.1 Å². The lowest BCUT2D eigenvalue weighted by atomic mass is 10.1. The van der Waals surface area contributed by atoms with Crippen molar-refractivity contribution in [3.63, 3.8) is 0 Å². The van der Waals surface area contributed by atoms with Crippen molar-refractivity contribution >= 4 is 11.7 Å². The maximum absolute atomic E-state index is 13.8. The molecule has 1 aliphatic rings. The number of benzene rings is 1. The molecular weight excluding hydrogens is 307 g/mol. The maximum Gasteiger partial charge on any atom is 0.227 e. The molecule has 1 amide bonds. The third-order valence-electron chi connectivity index (χ3n) is 4.34. The number of carbonyl (C=O) groups is 1. The van der Waals surface area contributed by atoms with Crippen LogP contribution in [0.1, 0.15) is 30.1 Å². The molecule has 1 fully saturated rings. The SMILES string of the molecule is CN(C)c1ccc(C2CCCN2C(=O)Cc2ccccc2F)nn1. The first-order chi connectivity index (χ1) is 11.6. The Hall–Kier alpha value is -2.50. The molecule has 6 heteroatoms. The van der Waals surface area contributed by atoms with Crippen molar-refractivity contribution < 1.29 is 9.18 Å². The monoisotopic (exact) mass is 328 g/mol. The number of carbonyl (C=O) groups excluding carboxylic acids is 1. The van der Waals surface area contributed by atoms with Crippen LogP contribution in [-0.2, 0) is 11.2 Å². The fourth-order valence-electron chi connectivity index (χ4n) is 3.03. The van der Waals surface area contributed by atoms with E-state index < -0.39 is 0 Å². The molecule has 3 rings (SSSR count). The van der Waals surface area contributed by atoms with E-state index in [0.717, 1.165) is 24.4 Å². The molecule has 0 aliphatic carbocycles. The third kappa shape index (κ3) is 3.37. The fraction of sp³-hybridized carbons (Fsp3) is 0.389. The summed E-state index contributed by atoms with van der Waals surface area (Å²) < 4.78 is 13.8. The normalized spacial score (nSPS) is 17.1. The molecule has 1 atom stereocenters. The van der Waals surface area contributed by atoms with Gasteiger partial charge in [-0.2, -0.15) is 5.10 Å². The van der Waals surface area contributed by atoms with Gasteiger partial charge in [0, 0.05) is 20.6 Å². The number of rotatable bonds is 4. The zero-order valence-corrected chi connectivity index (χ0v) is 13.9. The lowest BCUT2D eigenvalue weighted by molar-refractivity contribution is -0.131. The number of hydrogen-bond acceptors (Lipinski definition) is 4. The lowest BCUT2D eigenvalue weighted by Crippen LogP contribution is -2.32. The van der Waals surface area contributed by atoms with Crippen LogP contribution < -0.4 is 4.90 Å². The van der Waals surface area contributed by atoms with Gasteiger partial charge in [0.15, 0.2) is 5.82 Å². The summed E-state index contributed by atoms with van der Waals surface area (Å²) in [5.41, 5.74) is 1.22. The Balaban J connectivity index is 1.75. The van der Waals surface area contributed by atoms with Crippen LogP contribution in [0.4, 0.5) is 10.2 Å². The van der Waals surface area contributed by atoms with Crippen LogP contribution in [0.5, 0.6) is 0 Å². The minimum absolute atomic E-state index is 0.0684. The van der Waals surface area contributed by atoms with Gasteiger partial charge in [0.25, 0.3) is 0 Å². The second kappa shape index (κ2) is 6.95. The smallest absolute Gasteiger partial charge is 0.227 e. The summed E-state index contributed by atoms with van der Waals surface area (Å²) in [6.45, 7) is 0.676. The highest BCUT2D eigenvalue weighted by Gasteiger charge is 2.31. The predicted octanol–water partition coefficient (Wildman–Crippen LogP) is 2.59. The van der Waals surface area contributed by atoms with Gasteiger partial charge in [-0.15, -0.1) is 5.10 Å². The molecule has 2 aromatic rings. The largest absolute Gasteiger partial charge is 0.361 e. The minimum atomic E-state index is -0.336. The summed E-state index contributed by atoms with van der Waals surface area (Å²) in [5.74, 6) is 0.374. The lowest BCUT2D eigenvalue weighted by Gasteiger charge is -2.24.